The van der Waals surface area contributed by atoms with Gasteiger partial charge in [-0.3, -0.25) is 0 Å². The summed E-state index contributed by atoms with van der Waals surface area (Å²) in [5.74, 6) is 2.47. The molecule has 0 fully saturated rings. The minimum atomic E-state index is 0.507. The summed E-state index contributed by atoms with van der Waals surface area (Å²) >= 11 is 0. The van der Waals surface area contributed by atoms with Crippen molar-refractivity contribution in [1.29, 1.82) is 0 Å². The molecule has 0 unspecified atom stereocenters. The summed E-state index contributed by atoms with van der Waals surface area (Å²) < 4.78 is 22.2. The summed E-state index contributed by atoms with van der Waals surface area (Å²) in [5.41, 5.74) is 2.19. The van der Waals surface area contributed by atoms with Crippen molar-refractivity contribution in [2.75, 3.05) is 38.8 Å². The smallest absolute Gasteiger partial charge is 0.120 e. The fourth-order valence-electron chi connectivity index (χ4n) is 2.67. The van der Waals surface area contributed by atoms with Crippen LogP contribution < -0.4 is 19.5 Å². The molecule has 29 heavy (non-hydrogen) atoms. The molecule has 3 aromatic carbocycles. The third kappa shape index (κ3) is 7.39. The molecule has 0 aromatic heterocycles. The summed E-state index contributed by atoms with van der Waals surface area (Å²) in [7, 11) is 1.66. The Bertz CT molecular complexity index is 820. The first-order chi connectivity index (χ1) is 14.3. The highest BCUT2D eigenvalue weighted by Crippen LogP contribution is 2.18. The molecule has 5 heteroatoms. The van der Waals surface area contributed by atoms with Crippen LogP contribution in [-0.2, 0) is 11.3 Å². The van der Waals surface area contributed by atoms with Crippen LogP contribution in [0.3, 0.4) is 0 Å². The van der Waals surface area contributed by atoms with Crippen LogP contribution in [0.15, 0.2) is 78.9 Å². The van der Waals surface area contributed by atoms with Gasteiger partial charge in [0.2, 0.25) is 0 Å². The molecule has 0 heterocycles. The molecule has 152 valence electrons. The Labute approximate surface area is 172 Å². The third-order valence-corrected chi connectivity index (χ3v) is 4.23. The minimum Gasteiger partial charge on any atom is -0.497 e. The van der Waals surface area contributed by atoms with E-state index in [2.05, 4.69) is 5.32 Å². The van der Waals surface area contributed by atoms with Gasteiger partial charge < -0.3 is 24.3 Å². The Kier molecular flexibility index (Phi) is 8.23. The molecule has 0 saturated carbocycles. The molecule has 0 spiro atoms. The second-order valence-corrected chi connectivity index (χ2v) is 6.36. The maximum absolute atomic E-state index is 5.77. The van der Waals surface area contributed by atoms with Gasteiger partial charge in [-0.25, -0.2) is 0 Å². The van der Waals surface area contributed by atoms with Crippen LogP contribution in [0.4, 0.5) is 5.69 Å². The van der Waals surface area contributed by atoms with E-state index in [-0.39, 0.29) is 0 Å². The number of nitrogens with one attached hydrogen (secondary N) is 1. The van der Waals surface area contributed by atoms with Crippen LogP contribution in [0, 0.1) is 0 Å². The first-order valence-corrected chi connectivity index (χ1v) is 9.69. The monoisotopic (exact) mass is 393 g/mol. The van der Waals surface area contributed by atoms with Crippen LogP contribution in [-0.4, -0.2) is 33.5 Å². The van der Waals surface area contributed by atoms with Crippen LogP contribution in [0.5, 0.6) is 17.2 Å². The predicted molar refractivity (Wildman–Crippen MR) is 115 cm³/mol. The summed E-state index contributed by atoms with van der Waals surface area (Å²) in [5, 5.41) is 3.30. The first-order valence-electron chi connectivity index (χ1n) is 9.69. The van der Waals surface area contributed by atoms with E-state index in [0.29, 0.717) is 26.4 Å². The third-order valence-electron chi connectivity index (χ3n) is 4.23. The topological polar surface area (TPSA) is 49.0 Å². The van der Waals surface area contributed by atoms with Crippen molar-refractivity contribution in [1.82, 2.24) is 0 Å². The van der Waals surface area contributed by atoms with Gasteiger partial charge in [-0.1, -0.05) is 30.3 Å². The van der Waals surface area contributed by atoms with Crippen molar-refractivity contribution in [2.45, 2.75) is 6.61 Å². The van der Waals surface area contributed by atoms with E-state index in [1.165, 1.54) is 0 Å². The largest absolute Gasteiger partial charge is 0.497 e. The average molecular weight is 393 g/mol. The highest BCUT2D eigenvalue weighted by atomic mass is 16.5. The van der Waals surface area contributed by atoms with Gasteiger partial charge in [0.05, 0.1) is 20.3 Å². The van der Waals surface area contributed by atoms with Crippen LogP contribution >= 0.6 is 0 Å². The van der Waals surface area contributed by atoms with Crippen molar-refractivity contribution < 1.29 is 18.9 Å². The molecule has 0 saturated heterocycles. The molecule has 0 radical (unpaired) electrons. The minimum absolute atomic E-state index is 0.507. The molecule has 3 rings (SSSR count). The fraction of sp³-hybridized carbons (Fsp3) is 0.250. The molecule has 0 atom stereocenters. The van der Waals surface area contributed by atoms with Gasteiger partial charge >= 0.3 is 0 Å². The van der Waals surface area contributed by atoms with E-state index in [4.69, 9.17) is 18.9 Å². The van der Waals surface area contributed by atoms with Crippen molar-refractivity contribution in [3.05, 3.63) is 84.4 Å². The van der Waals surface area contributed by atoms with Gasteiger partial charge in [-0.15, -0.1) is 0 Å². The van der Waals surface area contributed by atoms with Crippen LogP contribution in [0.1, 0.15) is 5.56 Å². The second-order valence-electron chi connectivity index (χ2n) is 6.36. The first kappa shape index (κ1) is 20.6. The summed E-state index contributed by atoms with van der Waals surface area (Å²) in [6, 6.07) is 25.6. The second kappa shape index (κ2) is 11.6. The van der Waals surface area contributed by atoms with E-state index in [9.17, 15) is 0 Å². The molecule has 0 aliphatic heterocycles. The van der Waals surface area contributed by atoms with Crippen LogP contribution in [0.2, 0.25) is 0 Å². The number of hydrogen-bond acceptors (Lipinski definition) is 5. The summed E-state index contributed by atoms with van der Waals surface area (Å²) in [6.45, 7) is 2.95. The van der Waals surface area contributed by atoms with Gasteiger partial charge in [0.15, 0.2) is 0 Å². The molecule has 5 nitrogen and oxygen atoms in total. The lowest BCUT2D eigenvalue weighted by molar-refractivity contribution is 0.107. The molecule has 0 aliphatic rings. The zero-order valence-corrected chi connectivity index (χ0v) is 16.7. The van der Waals surface area contributed by atoms with E-state index >= 15 is 0 Å². The Hall–Kier alpha value is -3.18. The maximum Gasteiger partial charge on any atom is 0.120 e. The normalized spacial score (nSPS) is 10.4. The Morgan fingerprint density at radius 2 is 1.31 bits per heavy atom. The van der Waals surface area contributed by atoms with Crippen molar-refractivity contribution in [2.24, 2.45) is 0 Å². The lowest BCUT2D eigenvalue weighted by atomic mass is 10.2. The molecule has 0 aliphatic carbocycles. The molecule has 1 N–H and O–H groups in total. The molecular weight excluding hydrogens is 366 g/mol. The highest BCUT2D eigenvalue weighted by molar-refractivity contribution is 5.46. The summed E-state index contributed by atoms with van der Waals surface area (Å²) in [4.78, 5) is 0. The highest BCUT2D eigenvalue weighted by Gasteiger charge is 1.99. The number of anilines is 1. The lowest BCUT2D eigenvalue weighted by Gasteiger charge is -2.10. The van der Waals surface area contributed by atoms with E-state index in [1.807, 2.05) is 78.9 Å². The SMILES string of the molecule is COc1ccc(NCCOCCOc2ccc(OCc3ccccc3)cc2)cc1. The van der Waals surface area contributed by atoms with Crippen molar-refractivity contribution in [3.63, 3.8) is 0 Å². The molecule has 0 amide bonds. The molecule has 3 aromatic rings. The van der Waals surface area contributed by atoms with E-state index < -0.39 is 0 Å². The standard InChI is InChI=1S/C24H27NO4/c1-26-22-9-7-21(8-10-22)25-15-16-27-17-18-28-23-11-13-24(14-12-23)29-19-20-5-3-2-4-6-20/h2-14,25H,15-19H2,1H3. The Morgan fingerprint density at radius 1 is 0.655 bits per heavy atom. The van der Waals surface area contributed by atoms with Gasteiger partial charge in [-0.05, 0) is 54.1 Å². The fourth-order valence-corrected chi connectivity index (χ4v) is 2.67. The van der Waals surface area contributed by atoms with Crippen molar-refractivity contribution in [3.8, 4) is 17.2 Å². The quantitative estimate of drug-likeness (QED) is 0.449. The van der Waals surface area contributed by atoms with Gasteiger partial charge in [-0.2, -0.15) is 0 Å². The average Bonchev–Trinajstić information content (AvgIpc) is 2.79. The Balaban J connectivity index is 1.25. The van der Waals surface area contributed by atoms with Gasteiger partial charge in [0, 0.05) is 12.2 Å². The molecular formula is C24H27NO4. The number of ether oxygens (including phenoxy) is 4. The number of benzene rings is 3. The number of methoxy groups -OCH3 is 1. The van der Waals surface area contributed by atoms with E-state index in [0.717, 1.165) is 35.0 Å². The van der Waals surface area contributed by atoms with Gasteiger partial charge in [0.25, 0.3) is 0 Å². The zero-order valence-electron chi connectivity index (χ0n) is 16.7. The van der Waals surface area contributed by atoms with Crippen molar-refractivity contribution >= 4 is 5.69 Å². The lowest BCUT2D eigenvalue weighted by Crippen LogP contribution is -2.13. The van der Waals surface area contributed by atoms with Gasteiger partial charge in [0.1, 0.15) is 30.5 Å². The maximum atomic E-state index is 5.77. The predicted octanol–water partition coefficient (Wildman–Crippen LogP) is 4.78. The number of hydrogen-bond donors (Lipinski definition) is 1. The summed E-state index contributed by atoms with van der Waals surface area (Å²) in [6.07, 6.45) is 0. The van der Waals surface area contributed by atoms with Crippen LogP contribution in [0.25, 0.3) is 0 Å². The zero-order chi connectivity index (χ0) is 20.2. The van der Waals surface area contributed by atoms with E-state index in [1.54, 1.807) is 7.11 Å². The molecule has 0 bridgehead atoms. The number of rotatable bonds is 12. The Morgan fingerprint density at radius 3 is 2.00 bits per heavy atom.